The lowest BCUT2D eigenvalue weighted by molar-refractivity contribution is 0.167. The molecule has 0 radical (unpaired) electrons. The average Bonchev–Trinajstić information content (AvgIpc) is 2.61. The lowest BCUT2D eigenvalue weighted by Gasteiger charge is -2.35. The van der Waals surface area contributed by atoms with Gasteiger partial charge in [-0.05, 0) is 78.4 Å². The van der Waals surface area contributed by atoms with Gasteiger partial charge in [0.2, 0.25) is 0 Å². The number of hydrogen-bond acceptors (Lipinski definition) is 3. The highest BCUT2D eigenvalue weighted by atomic mass is 127. The van der Waals surface area contributed by atoms with Crippen molar-refractivity contribution >= 4 is 29.9 Å². The van der Waals surface area contributed by atoms with E-state index in [4.69, 9.17) is 4.99 Å². The molecule has 0 atom stereocenters. The fourth-order valence-corrected chi connectivity index (χ4v) is 3.84. The summed E-state index contributed by atoms with van der Waals surface area (Å²) in [7, 11) is 0. The summed E-state index contributed by atoms with van der Waals surface area (Å²) in [6.45, 7) is 17.1. The maximum Gasteiger partial charge on any atom is 0.191 e. The SMILES string of the molecule is CCNC(=NCCCN1CCC(C)CC1)NC1CCN(C(C)C)CC1.I. The minimum atomic E-state index is 0. The molecule has 2 aliphatic rings. The van der Waals surface area contributed by atoms with Gasteiger partial charge in [-0.2, -0.15) is 0 Å². The van der Waals surface area contributed by atoms with Crippen molar-refractivity contribution in [1.82, 2.24) is 20.4 Å². The second-order valence-electron chi connectivity index (χ2n) is 8.19. The molecule has 0 saturated carbocycles. The fourth-order valence-electron chi connectivity index (χ4n) is 3.84. The predicted molar refractivity (Wildman–Crippen MR) is 124 cm³/mol. The summed E-state index contributed by atoms with van der Waals surface area (Å²) in [6, 6.07) is 1.23. The summed E-state index contributed by atoms with van der Waals surface area (Å²) in [5.74, 6) is 1.93. The van der Waals surface area contributed by atoms with Crippen LogP contribution >= 0.6 is 24.0 Å². The molecule has 0 aromatic heterocycles. The zero-order valence-corrected chi connectivity index (χ0v) is 19.8. The van der Waals surface area contributed by atoms with Gasteiger partial charge in [-0.15, -0.1) is 24.0 Å². The number of nitrogens with one attached hydrogen (secondary N) is 2. The minimum absolute atomic E-state index is 0. The molecule has 2 aliphatic heterocycles. The van der Waals surface area contributed by atoms with E-state index < -0.39 is 0 Å². The molecule has 2 N–H and O–H groups in total. The molecule has 0 spiro atoms. The van der Waals surface area contributed by atoms with Crippen molar-refractivity contribution in [2.24, 2.45) is 10.9 Å². The molecule has 2 fully saturated rings. The van der Waals surface area contributed by atoms with Crippen LogP contribution in [0.15, 0.2) is 4.99 Å². The maximum absolute atomic E-state index is 4.82. The van der Waals surface area contributed by atoms with Crippen molar-refractivity contribution in [3.8, 4) is 0 Å². The normalized spacial score (nSPS) is 21.7. The first-order valence-electron chi connectivity index (χ1n) is 10.6. The molecule has 2 rings (SSSR count). The quantitative estimate of drug-likeness (QED) is 0.255. The number of guanidine groups is 1. The Morgan fingerprint density at radius 1 is 1.08 bits per heavy atom. The number of nitrogens with zero attached hydrogens (tertiary/aromatic N) is 3. The van der Waals surface area contributed by atoms with Crippen LogP contribution in [-0.2, 0) is 0 Å². The monoisotopic (exact) mass is 479 g/mol. The highest BCUT2D eigenvalue weighted by molar-refractivity contribution is 14.0. The van der Waals surface area contributed by atoms with E-state index in [1.54, 1.807) is 0 Å². The van der Waals surface area contributed by atoms with Gasteiger partial charge in [-0.3, -0.25) is 4.99 Å². The molecule has 0 bridgehead atoms. The molecule has 6 heteroatoms. The third-order valence-electron chi connectivity index (χ3n) is 5.72. The predicted octanol–water partition coefficient (Wildman–Crippen LogP) is 3.15. The first-order valence-corrected chi connectivity index (χ1v) is 10.6. The minimum Gasteiger partial charge on any atom is -0.357 e. The maximum atomic E-state index is 4.82. The molecule has 5 nitrogen and oxygen atoms in total. The Labute approximate surface area is 178 Å². The van der Waals surface area contributed by atoms with E-state index in [-0.39, 0.29) is 24.0 Å². The first-order chi connectivity index (χ1) is 12.1. The van der Waals surface area contributed by atoms with Crippen LogP contribution in [0.1, 0.15) is 59.8 Å². The molecule has 0 aliphatic carbocycles. The van der Waals surface area contributed by atoms with Gasteiger partial charge < -0.3 is 20.4 Å². The van der Waals surface area contributed by atoms with Crippen molar-refractivity contribution in [2.45, 2.75) is 71.9 Å². The summed E-state index contributed by atoms with van der Waals surface area (Å²) >= 11 is 0. The van der Waals surface area contributed by atoms with E-state index in [1.165, 1.54) is 58.4 Å². The molecule has 2 heterocycles. The Kier molecular flexibility index (Phi) is 12.1. The van der Waals surface area contributed by atoms with Gasteiger partial charge in [0, 0.05) is 38.3 Å². The number of rotatable bonds is 7. The van der Waals surface area contributed by atoms with E-state index in [0.29, 0.717) is 12.1 Å². The summed E-state index contributed by atoms with van der Waals surface area (Å²) < 4.78 is 0. The lowest BCUT2D eigenvalue weighted by atomic mass is 9.99. The molecule has 2 saturated heterocycles. The van der Waals surface area contributed by atoms with Gasteiger partial charge in [-0.1, -0.05) is 6.92 Å². The molecule has 0 aromatic rings. The fraction of sp³-hybridized carbons (Fsp3) is 0.950. The van der Waals surface area contributed by atoms with Crippen LogP contribution in [0.25, 0.3) is 0 Å². The Balaban J connectivity index is 0.00000338. The van der Waals surface area contributed by atoms with Crippen LogP contribution in [0.2, 0.25) is 0 Å². The molecule has 0 aromatic carbocycles. The molecular weight excluding hydrogens is 437 g/mol. The number of hydrogen-bond donors (Lipinski definition) is 2. The van der Waals surface area contributed by atoms with E-state index in [9.17, 15) is 0 Å². The van der Waals surface area contributed by atoms with Crippen molar-refractivity contribution in [3.63, 3.8) is 0 Å². The van der Waals surface area contributed by atoms with Gasteiger partial charge in [0.1, 0.15) is 0 Å². The highest BCUT2D eigenvalue weighted by Gasteiger charge is 2.21. The number of piperidine rings is 2. The Morgan fingerprint density at radius 3 is 2.31 bits per heavy atom. The third kappa shape index (κ3) is 8.74. The van der Waals surface area contributed by atoms with Crippen LogP contribution < -0.4 is 10.6 Å². The van der Waals surface area contributed by atoms with Crippen molar-refractivity contribution in [1.29, 1.82) is 0 Å². The van der Waals surface area contributed by atoms with Crippen LogP contribution in [0.5, 0.6) is 0 Å². The van der Waals surface area contributed by atoms with Gasteiger partial charge in [0.05, 0.1) is 0 Å². The van der Waals surface area contributed by atoms with Crippen molar-refractivity contribution < 1.29 is 0 Å². The highest BCUT2D eigenvalue weighted by Crippen LogP contribution is 2.16. The molecule has 154 valence electrons. The standard InChI is InChI=1S/C20H41N5.HI/c1-5-21-20(23-19-9-15-25(16-10-19)17(2)3)22-11-6-12-24-13-7-18(4)8-14-24;/h17-19H,5-16H2,1-4H3,(H2,21,22,23);1H. The zero-order chi connectivity index (χ0) is 18.1. The Hall–Kier alpha value is -0.0800. The summed E-state index contributed by atoms with van der Waals surface area (Å²) in [5, 5.41) is 7.08. The number of likely N-dealkylation sites (tertiary alicyclic amines) is 2. The van der Waals surface area contributed by atoms with E-state index >= 15 is 0 Å². The first kappa shape index (κ1) is 24.0. The van der Waals surface area contributed by atoms with Crippen molar-refractivity contribution in [2.75, 3.05) is 45.8 Å². The number of halogens is 1. The second-order valence-corrected chi connectivity index (χ2v) is 8.19. The molecular formula is C20H42IN5. The Bertz CT molecular complexity index is 386. The summed E-state index contributed by atoms with van der Waals surface area (Å²) in [5.41, 5.74) is 0. The van der Waals surface area contributed by atoms with Gasteiger partial charge in [0.25, 0.3) is 0 Å². The van der Waals surface area contributed by atoms with E-state index in [0.717, 1.165) is 31.4 Å². The second kappa shape index (κ2) is 13.2. The largest absolute Gasteiger partial charge is 0.357 e. The van der Waals surface area contributed by atoms with E-state index in [1.807, 2.05) is 0 Å². The lowest BCUT2D eigenvalue weighted by Crippen LogP contribution is -2.49. The van der Waals surface area contributed by atoms with Crippen LogP contribution in [0, 0.1) is 5.92 Å². The molecule has 0 unspecified atom stereocenters. The average molecular weight is 479 g/mol. The summed E-state index contributed by atoms with van der Waals surface area (Å²) in [4.78, 5) is 9.99. The van der Waals surface area contributed by atoms with Gasteiger partial charge in [0.15, 0.2) is 5.96 Å². The molecule has 0 amide bonds. The van der Waals surface area contributed by atoms with Crippen molar-refractivity contribution in [3.05, 3.63) is 0 Å². The van der Waals surface area contributed by atoms with Crippen LogP contribution in [-0.4, -0.2) is 73.7 Å². The van der Waals surface area contributed by atoms with Crippen LogP contribution in [0.4, 0.5) is 0 Å². The zero-order valence-electron chi connectivity index (χ0n) is 17.5. The van der Waals surface area contributed by atoms with E-state index in [2.05, 4.69) is 48.1 Å². The third-order valence-corrected chi connectivity index (χ3v) is 5.72. The van der Waals surface area contributed by atoms with Crippen LogP contribution in [0.3, 0.4) is 0 Å². The summed E-state index contributed by atoms with van der Waals surface area (Å²) in [6.07, 6.45) is 6.32. The Morgan fingerprint density at radius 2 is 1.73 bits per heavy atom. The smallest absolute Gasteiger partial charge is 0.191 e. The van der Waals surface area contributed by atoms with Gasteiger partial charge >= 0.3 is 0 Å². The van der Waals surface area contributed by atoms with Gasteiger partial charge in [-0.25, -0.2) is 0 Å². The topological polar surface area (TPSA) is 42.9 Å². The number of aliphatic imine (C=N–C) groups is 1. The molecule has 26 heavy (non-hydrogen) atoms.